The molecule has 1 saturated heterocycles. The number of piperidine rings is 1. The summed E-state index contributed by atoms with van der Waals surface area (Å²) < 4.78 is 5.15. The van der Waals surface area contributed by atoms with E-state index in [9.17, 15) is 9.59 Å². The zero-order valence-corrected chi connectivity index (χ0v) is 12.7. The van der Waals surface area contributed by atoms with Gasteiger partial charge in [-0.15, -0.1) is 0 Å². The maximum absolute atomic E-state index is 12.1. The molecule has 1 aliphatic rings. The highest BCUT2D eigenvalue weighted by molar-refractivity contribution is 5.92. The Morgan fingerprint density at radius 2 is 1.91 bits per heavy atom. The van der Waals surface area contributed by atoms with Crippen LogP contribution in [0.3, 0.4) is 0 Å². The topological polar surface area (TPSA) is 66.8 Å². The molecule has 0 aromatic heterocycles. The van der Waals surface area contributed by atoms with Crippen LogP contribution in [0.1, 0.15) is 28.8 Å². The summed E-state index contributed by atoms with van der Waals surface area (Å²) in [4.78, 5) is 24.7. The number of ether oxygens (including phenoxy) is 1. The van der Waals surface area contributed by atoms with Gasteiger partial charge >= 0.3 is 5.97 Å². The predicted molar refractivity (Wildman–Crippen MR) is 83.6 cm³/mol. The normalized spacial score (nSPS) is 16.1. The van der Waals surface area contributed by atoms with Gasteiger partial charge in [0.2, 0.25) is 5.91 Å². The van der Waals surface area contributed by atoms with Gasteiger partial charge in [0.05, 0.1) is 5.56 Å². The Morgan fingerprint density at radius 1 is 1.27 bits per heavy atom. The Hall–Kier alpha value is -2.14. The molecule has 22 heavy (non-hydrogen) atoms. The van der Waals surface area contributed by atoms with Gasteiger partial charge in [-0.3, -0.25) is 4.79 Å². The van der Waals surface area contributed by atoms with E-state index in [-0.39, 0.29) is 11.5 Å². The number of amides is 1. The van der Waals surface area contributed by atoms with E-state index in [4.69, 9.17) is 9.84 Å². The van der Waals surface area contributed by atoms with Crippen molar-refractivity contribution in [3.63, 3.8) is 0 Å². The van der Waals surface area contributed by atoms with Crippen LogP contribution in [0.5, 0.6) is 0 Å². The van der Waals surface area contributed by atoms with Crippen molar-refractivity contribution in [3.05, 3.63) is 41.5 Å². The van der Waals surface area contributed by atoms with Crippen LogP contribution >= 0.6 is 0 Å². The molecule has 1 aromatic rings. The lowest BCUT2D eigenvalue weighted by molar-refractivity contribution is -0.127. The van der Waals surface area contributed by atoms with Gasteiger partial charge in [0, 0.05) is 32.9 Å². The number of carboxylic acids is 1. The number of carbonyl (C=O) groups is 2. The molecule has 0 bridgehead atoms. The molecule has 118 valence electrons. The number of benzene rings is 1. The largest absolute Gasteiger partial charge is 0.478 e. The van der Waals surface area contributed by atoms with Crippen molar-refractivity contribution in [2.45, 2.75) is 12.8 Å². The van der Waals surface area contributed by atoms with Crippen LogP contribution in [-0.4, -0.2) is 48.7 Å². The number of methoxy groups -OCH3 is 1. The predicted octanol–water partition coefficient (Wildman–Crippen LogP) is 2.28. The molecule has 1 aromatic carbocycles. The van der Waals surface area contributed by atoms with Crippen LogP contribution in [0.25, 0.3) is 6.08 Å². The van der Waals surface area contributed by atoms with Gasteiger partial charge in [0.1, 0.15) is 0 Å². The fourth-order valence-corrected chi connectivity index (χ4v) is 2.57. The lowest BCUT2D eigenvalue weighted by atomic mass is 9.98. The summed E-state index contributed by atoms with van der Waals surface area (Å²) in [7, 11) is 1.70. The second-order valence-corrected chi connectivity index (χ2v) is 5.48. The van der Waals surface area contributed by atoms with Crippen molar-refractivity contribution in [2.24, 2.45) is 5.92 Å². The van der Waals surface area contributed by atoms with Crippen molar-refractivity contribution >= 4 is 18.0 Å². The Labute approximate surface area is 130 Å². The zero-order chi connectivity index (χ0) is 15.9. The van der Waals surface area contributed by atoms with Crippen molar-refractivity contribution in [1.82, 2.24) is 4.90 Å². The van der Waals surface area contributed by atoms with E-state index in [1.165, 1.54) is 12.1 Å². The van der Waals surface area contributed by atoms with Gasteiger partial charge in [0.25, 0.3) is 0 Å². The minimum absolute atomic E-state index is 0.00169. The number of hydrogen-bond donors (Lipinski definition) is 1. The molecule has 0 saturated carbocycles. The second-order valence-electron chi connectivity index (χ2n) is 5.48. The first-order valence-corrected chi connectivity index (χ1v) is 7.39. The van der Waals surface area contributed by atoms with Gasteiger partial charge in [-0.1, -0.05) is 12.1 Å². The number of nitrogens with zero attached hydrogens (tertiary/aromatic N) is 1. The summed E-state index contributed by atoms with van der Waals surface area (Å²) in [6.45, 7) is 2.28. The number of hydrogen-bond acceptors (Lipinski definition) is 3. The van der Waals surface area contributed by atoms with Crippen LogP contribution in [-0.2, 0) is 9.53 Å². The molecule has 1 amide bonds. The van der Waals surface area contributed by atoms with Gasteiger partial charge in [-0.2, -0.15) is 0 Å². The summed E-state index contributed by atoms with van der Waals surface area (Å²) in [6.07, 6.45) is 5.21. The molecule has 0 unspecified atom stereocenters. The molecule has 1 fully saturated rings. The summed E-state index contributed by atoms with van der Waals surface area (Å²) in [5.41, 5.74) is 1.05. The molecule has 1 heterocycles. The van der Waals surface area contributed by atoms with Crippen LogP contribution < -0.4 is 0 Å². The third kappa shape index (κ3) is 4.43. The fraction of sp³-hybridized carbons (Fsp3) is 0.412. The molecule has 0 aliphatic carbocycles. The number of aromatic carboxylic acids is 1. The quantitative estimate of drug-likeness (QED) is 0.848. The molecule has 0 radical (unpaired) electrons. The monoisotopic (exact) mass is 303 g/mol. The standard InChI is InChI=1S/C17H21NO4/c1-22-12-14-8-10-18(11-9-14)16(19)7-4-13-2-5-15(6-3-13)17(20)21/h2-7,14H,8-12H2,1H3,(H,20,21)/b7-4+. The first-order chi connectivity index (χ1) is 10.6. The molecule has 2 rings (SSSR count). The van der Waals surface area contributed by atoms with Crippen molar-refractivity contribution in [3.8, 4) is 0 Å². The van der Waals surface area contributed by atoms with E-state index in [0.29, 0.717) is 5.92 Å². The Balaban J connectivity index is 1.87. The summed E-state index contributed by atoms with van der Waals surface area (Å²) >= 11 is 0. The highest BCUT2D eigenvalue weighted by Crippen LogP contribution is 2.17. The molecule has 1 aliphatic heterocycles. The van der Waals surface area contributed by atoms with Gasteiger partial charge in [-0.25, -0.2) is 4.79 Å². The van der Waals surface area contributed by atoms with Crippen LogP contribution in [0, 0.1) is 5.92 Å². The number of likely N-dealkylation sites (tertiary alicyclic amines) is 1. The van der Waals surface area contributed by atoms with E-state index < -0.39 is 5.97 Å². The minimum Gasteiger partial charge on any atom is -0.478 e. The highest BCUT2D eigenvalue weighted by atomic mass is 16.5. The lowest BCUT2D eigenvalue weighted by Crippen LogP contribution is -2.38. The lowest BCUT2D eigenvalue weighted by Gasteiger charge is -2.30. The van der Waals surface area contributed by atoms with E-state index in [1.807, 2.05) is 4.90 Å². The molecule has 0 atom stereocenters. The summed E-state index contributed by atoms with van der Waals surface area (Å²) in [5, 5.41) is 8.84. The van der Waals surface area contributed by atoms with E-state index in [0.717, 1.165) is 38.1 Å². The number of carboxylic acid groups (broad SMARTS) is 1. The molecule has 0 spiro atoms. The maximum atomic E-state index is 12.1. The first-order valence-electron chi connectivity index (χ1n) is 7.39. The molecular weight excluding hydrogens is 282 g/mol. The third-order valence-corrected chi connectivity index (χ3v) is 3.90. The second kappa shape index (κ2) is 7.75. The minimum atomic E-state index is -0.953. The summed E-state index contributed by atoms with van der Waals surface area (Å²) in [6, 6.07) is 6.45. The highest BCUT2D eigenvalue weighted by Gasteiger charge is 2.21. The Morgan fingerprint density at radius 3 is 2.45 bits per heavy atom. The smallest absolute Gasteiger partial charge is 0.335 e. The van der Waals surface area contributed by atoms with Crippen LogP contribution in [0.2, 0.25) is 0 Å². The first kappa shape index (κ1) is 16.2. The molecule has 1 N–H and O–H groups in total. The zero-order valence-electron chi connectivity index (χ0n) is 12.7. The van der Waals surface area contributed by atoms with Crippen LogP contribution in [0.4, 0.5) is 0 Å². The Bertz CT molecular complexity index is 542. The van der Waals surface area contributed by atoms with Crippen molar-refractivity contribution in [1.29, 1.82) is 0 Å². The summed E-state index contributed by atoms with van der Waals surface area (Å²) in [5.74, 6) is -0.412. The van der Waals surface area contributed by atoms with Crippen LogP contribution in [0.15, 0.2) is 30.3 Å². The third-order valence-electron chi connectivity index (χ3n) is 3.90. The van der Waals surface area contributed by atoms with E-state index in [2.05, 4.69) is 0 Å². The van der Waals surface area contributed by atoms with E-state index >= 15 is 0 Å². The molecule has 5 nitrogen and oxygen atoms in total. The average Bonchev–Trinajstić information content (AvgIpc) is 2.54. The maximum Gasteiger partial charge on any atom is 0.335 e. The van der Waals surface area contributed by atoms with E-state index in [1.54, 1.807) is 31.4 Å². The van der Waals surface area contributed by atoms with Gasteiger partial charge < -0.3 is 14.7 Å². The van der Waals surface area contributed by atoms with Crippen molar-refractivity contribution < 1.29 is 19.4 Å². The van der Waals surface area contributed by atoms with Gasteiger partial charge in [-0.05, 0) is 42.5 Å². The molecule has 5 heteroatoms. The SMILES string of the molecule is COCC1CCN(C(=O)/C=C/c2ccc(C(=O)O)cc2)CC1. The molecular formula is C17H21NO4. The number of rotatable bonds is 5. The average molecular weight is 303 g/mol. The van der Waals surface area contributed by atoms with Crippen molar-refractivity contribution in [2.75, 3.05) is 26.8 Å². The Kier molecular flexibility index (Phi) is 5.72. The fourth-order valence-electron chi connectivity index (χ4n) is 2.57. The number of carbonyl (C=O) groups excluding carboxylic acids is 1. The van der Waals surface area contributed by atoms with Gasteiger partial charge in [0.15, 0.2) is 0 Å².